The first-order valence-corrected chi connectivity index (χ1v) is 10.4. The van der Waals surface area contributed by atoms with Crippen molar-refractivity contribution in [2.75, 3.05) is 13.6 Å². The van der Waals surface area contributed by atoms with Crippen LogP contribution in [0.4, 0.5) is 0 Å². The van der Waals surface area contributed by atoms with E-state index in [1.54, 1.807) is 13.1 Å². The van der Waals surface area contributed by atoms with Gasteiger partial charge in [-0.25, -0.2) is 0 Å². The van der Waals surface area contributed by atoms with Gasteiger partial charge in [-0.1, -0.05) is 30.3 Å². The molecule has 1 aliphatic heterocycles. The van der Waals surface area contributed by atoms with E-state index in [1.165, 1.54) is 15.6 Å². The number of carbonyl (C=O) groups is 1. The molecule has 0 saturated carbocycles. The van der Waals surface area contributed by atoms with E-state index in [0.29, 0.717) is 11.4 Å². The van der Waals surface area contributed by atoms with Crippen LogP contribution in [0.1, 0.15) is 39.0 Å². The van der Waals surface area contributed by atoms with Crippen LogP contribution in [0.15, 0.2) is 42.5 Å². The third-order valence-electron chi connectivity index (χ3n) is 4.22. The Kier molecular flexibility index (Phi) is 5.53. The lowest BCUT2D eigenvalue weighted by Crippen LogP contribution is -2.39. The van der Waals surface area contributed by atoms with Gasteiger partial charge in [0.2, 0.25) is 0 Å². The molecule has 25 heavy (non-hydrogen) atoms. The number of nitrogens with zero attached hydrogens (tertiary/aromatic N) is 1. The average Bonchev–Trinajstić information content (AvgIpc) is 3.29. The predicted octanol–water partition coefficient (Wildman–Crippen LogP) is 2.28. The minimum Gasteiger partial charge on any atom is -0.354 e. The molecule has 1 aliphatic rings. The van der Waals surface area contributed by atoms with Crippen molar-refractivity contribution in [2.45, 2.75) is 25.4 Å². The summed E-state index contributed by atoms with van der Waals surface area (Å²) in [5.41, 5.74) is 0.917. The molecular formula is C17H21N3O3S2. The van der Waals surface area contributed by atoms with E-state index in [0.717, 1.165) is 23.3 Å². The van der Waals surface area contributed by atoms with Crippen LogP contribution in [0.2, 0.25) is 0 Å². The Morgan fingerprint density at radius 2 is 2.00 bits per heavy atom. The van der Waals surface area contributed by atoms with Crippen LogP contribution in [-0.2, 0) is 16.8 Å². The van der Waals surface area contributed by atoms with Crippen LogP contribution < -0.4 is 10.0 Å². The van der Waals surface area contributed by atoms with Crippen molar-refractivity contribution < 1.29 is 13.2 Å². The molecule has 6 nitrogen and oxygen atoms in total. The summed E-state index contributed by atoms with van der Waals surface area (Å²) in [7, 11) is -2.00. The number of benzene rings is 1. The molecule has 1 unspecified atom stereocenters. The van der Waals surface area contributed by atoms with Crippen LogP contribution in [0.3, 0.4) is 0 Å². The number of thiophene rings is 1. The van der Waals surface area contributed by atoms with Gasteiger partial charge in [-0.2, -0.15) is 17.4 Å². The van der Waals surface area contributed by atoms with E-state index >= 15 is 0 Å². The summed E-state index contributed by atoms with van der Waals surface area (Å²) in [6, 6.07) is 12.8. The van der Waals surface area contributed by atoms with Gasteiger partial charge in [-0.3, -0.25) is 4.79 Å². The van der Waals surface area contributed by atoms with Gasteiger partial charge in [0.05, 0.1) is 10.9 Å². The minimum atomic E-state index is -3.58. The van der Waals surface area contributed by atoms with Gasteiger partial charge >= 0.3 is 0 Å². The fraction of sp³-hybridized carbons (Fsp3) is 0.353. The Hall–Kier alpha value is -1.74. The summed E-state index contributed by atoms with van der Waals surface area (Å²) in [5, 5.41) is 2.59. The van der Waals surface area contributed by atoms with Gasteiger partial charge in [0, 0.05) is 25.0 Å². The normalized spacial score (nSPS) is 18.4. The summed E-state index contributed by atoms with van der Waals surface area (Å²) < 4.78 is 29.6. The Bertz CT molecular complexity index is 834. The molecule has 0 radical (unpaired) electrons. The van der Waals surface area contributed by atoms with Gasteiger partial charge in [0.1, 0.15) is 0 Å². The highest BCUT2D eigenvalue weighted by Crippen LogP contribution is 2.37. The van der Waals surface area contributed by atoms with Crippen LogP contribution in [0, 0.1) is 0 Å². The SMILES string of the molecule is CNC(=O)c1ccc(C2CCCN2S(=O)(=O)NCc2ccccc2)s1. The van der Waals surface area contributed by atoms with Crippen LogP contribution >= 0.6 is 11.3 Å². The highest BCUT2D eigenvalue weighted by atomic mass is 32.2. The zero-order valence-electron chi connectivity index (χ0n) is 13.9. The molecule has 8 heteroatoms. The Morgan fingerprint density at radius 3 is 2.72 bits per heavy atom. The molecule has 0 spiro atoms. The summed E-state index contributed by atoms with van der Waals surface area (Å²) >= 11 is 1.35. The van der Waals surface area contributed by atoms with Gasteiger partial charge in [-0.15, -0.1) is 11.3 Å². The van der Waals surface area contributed by atoms with Crippen molar-refractivity contribution in [1.82, 2.24) is 14.3 Å². The lowest BCUT2D eigenvalue weighted by Gasteiger charge is -2.23. The third kappa shape index (κ3) is 4.09. The summed E-state index contributed by atoms with van der Waals surface area (Å²) in [6.45, 7) is 0.752. The van der Waals surface area contributed by atoms with Crippen molar-refractivity contribution in [3.63, 3.8) is 0 Å². The number of amides is 1. The molecule has 3 rings (SSSR count). The smallest absolute Gasteiger partial charge is 0.280 e. The second-order valence-corrected chi connectivity index (χ2v) is 8.68. The molecule has 2 N–H and O–H groups in total. The highest BCUT2D eigenvalue weighted by Gasteiger charge is 2.36. The molecule has 0 bridgehead atoms. The first kappa shape index (κ1) is 18.1. The van der Waals surface area contributed by atoms with Crippen molar-refractivity contribution in [1.29, 1.82) is 0 Å². The van der Waals surface area contributed by atoms with E-state index in [9.17, 15) is 13.2 Å². The fourth-order valence-corrected chi connectivity index (χ4v) is 5.55. The molecule has 134 valence electrons. The molecule has 1 atom stereocenters. The highest BCUT2D eigenvalue weighted by molar-refractivity contribution is 7.87. The first-order chi connectivity index (χ1) is 12.0. The summed E-state index contributed by atoms with van der Waals surface area (Å²) in [6.07, 6.45) is 1.57. The number of nitrogens with one attached hydrogen (secondary N) is 2. The van der Waals surface area contributed by atoms with Gasteiger partial charge in [0.15, 0.2) is 0 Å². The minimum absolute atomic E-state index is 0.147. The average molecular weight is 380 g/mol. The number of hydrogen-bond donors (Lipinski definition) is 2. The maximum atomic E-state index is 12.7. The van der Waals surface area contributed by atoms with E-state index < -0.39 is 10.2 Å². The maximum Gasteiger partial charge on any atom is 0.280 e. The van der Waals surface area contributed by atoms with Crippen molar-refractivity contribution in [3.8, 4) is 0 Å². The second-order valence-electron chi connectivity index (χ2n) is 5.86. The molecule has 1 fully saturated rings. The monoisotopic (exact) mass is 379 g/mol. The molecule has 1 amide bonds. The Balaban J connectivity index is 1.73. The van der Waals surface area contributed by atoms with Crippen LogP contribution in [-0.4, -0.2) is 32.2 Å². The standard InChI is InChI=1S/C17H21N3O3S2/c1-18-17(21)16-10-9-15(24-16)14-8-5-11-20(14)25(22,23)19-12-13-6-3-2-4-7-13/h2-4,6-7,9-10,14,19H,5,8,11-12H2,1H3,(H,18,21). The van der Waals surface area contributed by atoms with E-state index in [4.69, 9.17) is 0 Å². The predicted molar refractivity (Wildman–Crippen MR) is 98.6 cm³/mol. The number of hydrogen-bond acceptors (Lipinski definition) is 4. The molecule has 2 aromatic rings. The largest absolute Gasteiger partial charge is 0.354 e. The lowest BCUT2D eigenvalue weighted by atomic mass is 10.2. The molecular weight excluding hydrogens is 358 g/mol. The second kappa shape index (κ2) is 7.65. The Morgan fingerprint density at radius 1 is 1.24 bits per heavy atom. The Labute approximate surface area is 152 Å². The lowest BCUT2D eigenvalue weighted by molar-refractivity contribution is 0.0967. The fourth-order valence-electron chi connectivity index (χ4n) is 2.94. The molecule has 1 aromatic carbocycles. The number of carbonyl (C=O) groups excluding carboxylic acids is 1. The van der Waals surface area contributed by atoms with Crippen molar-refractivity contribution in [3.05, 3.63) is 57.8 Å². The van der Waals surface area contributed by atoms with Crippen LogP contribution in [0.25, 0.3) is 0 Å². The zero-order chi connectivity index (χ0) is 17.9. The first-order valence-electron chi connectivity index (χ1n) is 8.13. The van der Waals surface area contributed by atoms with Gasteiger partial charge in [-0.05, 0) is 30.5 Å². The van der Waals surface area contributed by atoms with Gasteiger partial charge < -0.3 is 5.32 Å². The van der Waals surface area contributed by atoms with Gasteiger partial charge in [0.25, 0.3) is 16.1 Å². The maximum absolute atomic E-state index is 12.7. The molecule has 1 aromatic heterocycles. The van der Waals surface area contributed by atoms with E-state index in [1.807, 2.05) is 36.4 Å². The molecule has 2 heterocycles. The van der Waals surface area contributed by atoms with Crippen LogP contribution in [0.5, 0.6) is 0 Å². The zero-order valence-corrected chi connectivity index (χ0v) is 15.6. The molecule has 1 saturated heterocycles. The quantitative estimate of drug-likeness (QED) is 0.808. The van der Waals surface area contributed by atoms with E-state index in [2.05, 4.69) is 10.0 Å². The topological polar surface area (TPSA) is 78.5 Å². The third-order valence-corrected chi connectivity index (χ3v) is 6.97. The molecule has 0 aliphatic carbocycles. The summed E-state index contributed by atoms with van der Waals surface area (Å²) in [5.74, 6) is -0.147. The van der Waals surface area contributed by atoms with E-state index in [-0.39, 0.29) is 18.5 Å². The number of rotatable bonds is 6. The summed E-state index contributed by atoms with van der Waals surface area (Å²) in [4.78, 5) is 13.2. The van der Waals surface area contributed by atoms with Crippen molar-refractivity contribution >= 4 is 27.5 Å². The van der Waals surface area contributed by atoms with Crippen molar-refractivity contribution in [2.24, 2.45) is 0 Å².